The van der Waals surface area contributed by atoms with Crippen molar-refractivity contribution in [1.29, 1.82) is 0 Å². The van der Waals surface area contributed by atoms with Crippen LogP contribution in [0, 0.1) is 0 Å². The molecule has 0 aliphatic carbocycles. The molecule has 0 amide bonds. The molecule has 0 atom stereocenters. The van der Waals surface area contributed by atoms with Crippen LogP contribution in [-0.4, -0.2) is 4.98 Å². The lowest BCUT2D eigenvalue weighted by molar-refractivity contribution is 1.32. The van der Waals surface area contributed by atoms with Crippen LogP contribution < -0.4 is 0 Å². The Morgan fingerprint density at radius 1 is 0.250 bits per heavy atom. The maximum absolute atomic E-state index is 5.08. The molecule has 0 spiro atoms. The lowest BCUT2D eigenvalue weighted by Gasteiger charge is -2.18. The first-order chi connectivity index (χ1) is 23.8. The third-order valence-corrected chi connectivity index (χ3v) is 9.46. The first-order valence-electron chi connectivity index (χ1n) is 16.5. The van der Waals surface area contributed by atoms with Crippen LogP contribution in [0.4, 0.5) is 0 Å². The van der Waals surface area contributed by atoms with E-state index in [-0.39, 0.29) is 0 Å². The number of hydrogen-bond donors (Lipinski definition) is 0. The molecule has 0 N–H and O–H groups in total. The van der Waals surface area contributed by atoms with E-state index in [1.807, 2.05) is 0 Å². The lowest BCUT2D eigenvalue weighted by atomic mass is 9.85. The summed E-state index contributed by atoms with van der Waals surface area (Å²) in [4.78, 5) is 5.08. The summed E-state index contributed by atoms with van der Waals surface area (Å²) in [5.41, 5.74) is 11.6. The fourth-order valence-electron chi connectivity index (χ4n) is 7.13. The maximum atomic E-state index is 5.08. The van der Waals surface area contributed by atoms with Crippen molar-refractivity contribution < 1.29 is 0 Å². The smallest absolute Gasteiger partial charge is 0.0709 e. The van der Waals surface area contributed by atoms with E-state index in [2.05, 4.69) is 188 Å². The molecule has 0 fully saturated rings. The van der Waals surface area contributed by atoms with Gasteiger partial charge in [0.2, 0.25) is 0 Å². The number of hydrogen-bond acceptors (Lipinski definition) is 1. The molecule has 224 valence electrons. The molecule has 48 heavy (non-hydrogen) atoms. The normalized spacial score (nSPS) is 11.3. The second kappa shape index (κ2) is 11.8. The molecule has 0 saturated carbocycles. The molecule has 0 bridgehead atoms. The lowest BCUT2D eigenvalue weighted by Crippen LogP contribution is -1.92. The average molecular weight is 610 g/mol. The van der Waals surface area contributed by atoms with Crippen LogP contribution in [-0.2, 0) is 0 Å². The molecule has 0 unspecified atom stereocenters. The summed E-state index contributed by atoms with van der Waals surface area (Å²) in [5.74, 6) is 0. The topological polar surface area (TPSA) is 12.9 Å². The highest BCUT2D eigenvalue weighted by Gasteiger charge is 2.17. The Kier molecular flexibility index (Phi) is 6.87. The number of fused-ring (bicyclic) bond motifs is 3. The van der Waals surface area contributed by atoms with Gasteiger partial charge >= 0.3 is 0 Å². The van der Waals surface area contributed by atoms with Crippen molar-refractivity contribution in [1.82, 2.24) is 4.98 Å². The van der Waals surface area contributed by atoms with E-state index in [0.29, 0.717) is 0 Å². The highest BCUT2D eigenvalue weighted by molar-refractivity contribution is 6.22. The van der Waals surface area contributed by atoms with Gasteiger partial charge in [0.05, 0.1) is 11.4 Å². The summed E-state index contributed by atoms with van der Waals surface area (Å²) in [6.45, 7) is 0. The van der Waals surface area contributed by atoms with Crippen molar-refractivity contribution in [2.75, 3.05) is 0 Å². The summed E-state index contributed by atoms with van der Waals surface area (Å²) in [7, 11) is 0. The quantitative estimate of drug-likeness (QED) is 0.177. The van der Waals surface area contributed by atoms with E-state index in [1.165, 1.54) is 65.7 Å². The molecule has 0 saturated heterocycles. The van der Waals surface area contributed by atoms with E-state index in [0.717, 1.165) is 22.5 Å². The fourth-order valence-corrected chi connectivity index (χ4v) is 7.13. The summed E-state index contributed by atoms with van der Waals surface area (Å²) in [6.07, 6.45) is 0. The van der Waals surface area contributed by atoms with Crippen molar-refractivity contribution in [2.24, 2.45) is 0 Å². The summed E-state index contributed by atoms with van der Waals surface area (Å²) >= 11 is 0. The van der Waals surface area contributed by atoms with Crippen LogP contribution in [0.5, 0.6) is 0 Å². The van der Waals surface area contributed by atoms with Crippen LogP contribution in [0.15, 0.2) is 188 Å². The molecule has 0 aliphatic rings. The van der Waals surface area contributed by atoms with Gasteiger partial charge in [0.15, 0.2) is 0 Å². The van der Waals surface area contributed by atoms with Crippen molar-refractivity contribution in [3.8, 4) is 55.9 Å². The zero-order valence-electron chi connectivity index (χ0n) is 26.3. The van der Waals surface area contributed by atoms with Crippen molar-refractivity contribution in [3.63, 3.8) is 0 Å². The second-order valence-corrected chi connectivity index (χ2v) is 12.3. The molecule has 1 nitrogen and oxygen atoms in total. The van der Waals surface area contributed by atoms with Gasteiger partial charge in [-0.05, 0) is 90.0 Å². The molecule has 0 radical (unpaired) electrons. The van der Waals surface area contributed by atoms with Gasteiger partial charge in [-0.25, -0.2) is 4.98 Å². The second-order valence-electron chi connectivity index (χ2n) is 12.3. The van der Waals surface area contributed by atoms with Crippen LogP contribution in [0.25, 0.3) is 88.2 Å². The maximum Gasteiger partial charge on any atom is 0.0709 e. The van der Waals surface area contributed by atoms with Gasteiger partial charge in [-0.2, -0.15) is 0 Å². The first-order valence-corrected chi connectivity index (χ1v) is 16.5. The van der Waals surface area contributed by atoms with Gasteiger partial charge in [0, 0.05) is 11.1 Å². The van der Waals surface area contributed by atoms with Gasteiger partial charge in [-0.3, -0.25) is 0 Å². The molecular formula is C47H31N. The van der Waals surface area contributed by atoms with E-state index in [9.17, 15) is 0 Å². The van der Waals surface area contributed by atoms with Gasteiger partial charge in [-0.1, -0.05) is 164 Å². The molecule has 1 heteroatoms. The largest absolute Gasteiger partial charge is 0.248 e. The predicted octanol–water partition coefficient (Wildman–Crippen LogP) is 12.9. The molecular weight excluding hydrogens is 579 g/mol. The Hall–Kier alpha value is -6.31. The number of aromatic nitrogens is 1. The zero-order chi connectivity index (χ0) is 31.9. The zero-order valence-corrected chi connectivity index (χ0v) is 26.3. The number of pyridine rings is 1. The van der Waals surface area contributed by atoms with E-state index < -0.39 is 0 Å². The van der Waals surface area contributed by atoms with Crippen molar-refractivity contribution >= 4 is 32.3 Å². The van der Waals surface area contributed by atoms with E-state index in [4.69, 9.17) is 4.98 Å². The monoisotopic (exact) mass is 609 g/mol. The van der Waals surface area contributed by atoms with Crippen LogP contribution in [0.1, 0.15) is 0 Å². The van der Waals surface area contributed by atoms with E-state index in [1.54, 1.807) is 0 Å². The minimum Gasteiger partial charge on any atom is -0.248 e. The van der Waals surface area contributed by atoms with Crippen LogP contribution >= 0.6 is 0 Å². The third-order valence-electron chi connectivity index (χ3n) is 9.46. The van der Waals surface area contributed by atoms with Crippen LogP contribution in [0.2, 0.25) is 0 Å². The van der Waals surface area contributed by atoms with Gasteiger partial charge in [0.1, 0.15) is 0 Å². The predicted molar refractivity (Wildman–Crippen MR) is 204 cm³/mol. The first kappa shape index (κ1) is 28.0. The highest BCUT2D eigenvalue weighted by Crippen LogP contribution is 2.44. The summed E-state index contributed by atoms with van der Waals surface area (Å²) in [5, 5.41) is 7.51. The molecule has 9 aromatic rings. The number of nitrogens with zero attached hydrogens (tertiary/aromatic N) is 1. The third kappa shape index (κ3) is 4.94. The Morgan fingerprint density at radius 2 is 0.750 bits per heavy atom. The molecule has 8 aromatic carbocycles. The fraction of sp³-hybridized carbons (Fsp3) is 0. The Labute approximate surface area is 280 Å². The Morgan fingerprint density at radius 3 is 1.44 bits per heavy atom. The minimum atomic E-state index is 0.969. The average Bonchev–Trinajstić information content (AvgIpc) is 3.17. The van der Waals surface area contributed by atoms with Crippen molar-refractivity contribution in [3.05, 3.63) is 188 Å². The van der Waals surface area contributed by atoms with E-state index >= 15 is 0 Å². The van der Waals surface area contributed by atoms with Gasteiger partial charge < -0.3 is 0 Å². The Balaban J connectivity index is 1.16. The van der Waals surface area contributed by atoms with Gasteiger partial charge in [0.25, 0.3) is 0 Å². The Bertz CT molecular complexity index is 2580. The number of rotatable bonds is 5. The SMILES string of the molecule is c1ccc(-c2c3ccccc3c(-c3ccccc3)c3cc(-c4ccc(-c5cccc(-c6ccc7ccccc7c6)n5)cc4)ccc23)cc1. The summed E-state index contributed by atoms with van der Waals surface area (Å²) in [6, 6.07) is 67.5. The van der Waals surface area contributed by atoms with Gasteiger partial charge in [-0.15, -0.1) is 0 Å². The van der Waals surface area contributed by atoms with Crippen LogP contribution in [0.3, 0.4) is 0 Å². The minimum absolute atomic E-state index is 0.969. The molecule has 1 aromatic heterocycles. The van der Waals surface area contributed by atoms with Crippen molar-refractivity contribution in [2.45, 2.75) is 0 Å². The molecule has 1 heterocycles. The molecule has 0 aliphatic heterocycles. The standard InChI is InChI=1S/C47H31N/c1-3-13-35(14-4-1)46-40-18-9-10-19-41(40)47(36-15-5-2-6-16-36)43-31-38(28-29-42(43)46)33-22-25-34(26-23-33)44-20-11-21-45(48-44)39-27-24-32-12-7-8-17-37(32)30-39/h1-31H. The summed E-state index contributed by atoms with van der Waals surface area (Å²) < 4.78 is 0. The number of benzene rings is 8. The molecule has 9 rings (SSSR count). The highest BCUT2D eigenvalue weighted by atomic mass is 14.7.